The van der Waals surface area contributed by atoms with Crippen molar-refractivity contribution in [3.8, 4) is 0 Å². The van der Waals surface area contributed by atoms with Gasteiger partial charge in [-0.25, -0.2) is 4.79 Å². The lowest BCUT2D eigenvalue weighted by atomic mass is 10.0. The van der Waals surface area contributed by atoms with Crippen molar-refractivity contribution in [2.24, 2.45) is 5.10 Å². The molecule has 0 bridgehead atoms. The van der Waals surface area contributed by atoms with E-state index < -0.39 is 5.97 Å². The number of benzene rings is 2. The highest BCUT2D eigenvalue weighted by Gasteiger charge is 2.32. The number of halogens is 1. The Morgan fingerprint density at radius 2 is 2.00 bits per heavy atom. The van der Waals surface area contributed by atoms with Crippen LogP contribution in [0.4, 0.5) is 5.69 Å². The SMILES string of the molecule is Cc1ccc(N2N=C(C(=O)O)C[C@@H]2c2ccccc2)cc1Cl. The van der Waals surface area contributed by atoms with Crippen LogP contribution in [0.25, 0.3) is 0 Å². The number of hydrogen-bond donors (Lipinski definition) is 1. The van der Waals surface area contributed by atoms with E-state index >= 15 is 0 Å². The summed E-state index contributed by atoms with van der Waals surface area (Å²) in [6.45, 7) is 1.93. The van der Waals surface area contributed by atoms with E-state index in [9.17, 15) is 9.90 Å². The molecule has 112 valence electrons. The molecule has 0 saturated carbocycles. The normalized spacial score (nSPS) is 17.5. The number of hydrogen-bond acceptors (Lipinski definition) is 3. The van der Waals surface area contributed by atoms with Crippen molar-refractivity contribution in [1.29, 1.82) is 0 Å². The summed E-state index contributed by atoms with van der Waals surface area (Å²) in [5.41, 5.74) is 2.95. The molecule has 1 aliphatic rings. The Balaban J connectivity index is 2.03. The van der Waals surface area contributed by atoms with Crippen LogP contribution in [-0.4, -0.2) is 16.8 Å². The molecule has 0 saturated heterocycles. The highest BCUT2D eigenvalue weighted by molar-refractivity contribution is 6.36. The first-order chi connectivity index (χ1) is 10.6. The topological polar surface area (TPSA) is 52.9 Å². The third-order valence-electron chi connectivity index (χ3n) is 3.76. The van der Waals surface area contributed by atoms with Crippen molar-refractivity contribution in [3.05, 3.63) is 64.7 Å². The fraction of sp³-hybridized carbons (Fsp3) is 0.176. The number of anilines is 1. The third kappa shape index (κ3) is 2.70. The summed E-state index contributed by atoms with van der Waals surface area (Å²) in [6, 6.07) is 15.3. The molecule has 2 aromatic rings. The van der Waals surface area contributed by atoms with Crippen LogP contribution in [0.2, 0.25) is 5.02 Å². The lowest BCUT2D eigenvalue weighted by Crippen LogP contribution is -2.18. The van der Waals surface area contributed by atoms with E-state index in [0.29, 0.717) is 11.4 Å². The second-order valence-electron chi connectivity index (χ2n) is 5.26. The first-order valence-corrected chi connectivity index (χ1v) is 7.35. The van der Waals surface area contributed by atoms with Gasteiger partial charge in [0.1, 0.15) is 5.71 Å². The smallest absolute Gasteiger partial charge is 0.352 e. The van der Waals surface area contributed by atoms with Crippen LogP contribution in [0.1, 0.15) is 23.6 Å². The molecule has 1 N–H and O–H groups in total. The number of carbonyl (C=O) groups is 1. The summed E-state index contributed by atoms with van der Waals surface area (Å²) in [5, 5.41) is 15.9. The molecule has 22 heavy (non-hydrogen) atoms. The van der Waals surface area contributed by atoms with Gasteiger partial charge in [-0.05, 0) is 30.2 Å². The molecular formula is C17H15ClN2O2. The Bertz CT molecular complexity index is 744. The summed E-state index contributed by atoms with van der Waals surface area (Å²) in [7, 11) is 0. The number of hydrazone groups is 1. The molecule has 0 spiro atoms. The van der Waals surface area contributed by atoms with Crippen LogP contribution in [0.3, 0.4) is 0 Å². The minimum absolute atomic E-state index is 0.133. The predicted molar refractivity (Wildman–Crippen MR) is 87.5 cm³/mol. The van der Waals surface area contributed by atoms with Crippen molar-refractivity contribution in [1.82, 2.24) is 0 Å². The van der Waals surface area contributed by atoms with Crippen LogP contribution < -0.4 is 5.01 Å². The van der Waals surface area contributed by atoms with Crippen LogP contribution in [-0.2, 0) is 4.79 Å². The molecule has 1 atom stereocenters. The zero-order valence-corrected chi connectivity index (χ0v) is 12.8. The molecule has 1 heterocycles. The minimum Gasteiger partial charge on any atom is -0.477 e. The van der Waals surface area contributed by atoms with Gasteiger partial charge in [-0.3, -0.25) is 5.01 Å². The van der Waals surface area contributed by atoms with E-state index in [1.165, 1.54) is 0 Å². The molecule has 5 heteroatoms. The van der Waals surface area contributed by atoms with Crippen LogP contribution in [0, 0.1) is 6.92 Å². The van der Waals surface area contributed by atoms with Gasteiger partial charge >= 0.3 is 5.97 Å². The lowest BCUT2D eigenvalue weighted by molar-refractivity contribution is -0.129. The number of nitrogens with zero attached hydrogens (tertiary/aromatic N) is 2. The fourth-order valence-electron chi connectivity index (χ4n) is 2.54. The van der Waals surface area contributed by atoms with Gasteiger partial charge in [0.2, 0.25) is 0 Å². The maximum Gasteiger partial charge on any atom is 0.352 e. The Morgan fingerprint density at radius 3 is 2.64 bits per heavy atom. The summed E-state index contributed by atoms with van der Waals surface area (Å²) in [5.74, 6) is -0.985. The minimum atomic E-state index is -0.985. The fourth-order valence-corrected chi connectivity index (χ4v) is 2.71. The monoisotopic (exact) mass is 314 g/mol. The van der Waals surface area contributed by atoms with Crippen molar-refractivity contribution in [2.75, 3.05) is 5.01 Å². The number of carboxylic acids is 1. The molecule has 0 aliphatic carbocycles. The highest BCUT2D eigenvalue weighted by Crippen LogP contribution is 2.36. The van der Waals surface area contributed by atoms with E-state index in [4.69, 9.17) is 11.6 Å². The maximum absolute atomic E-state index is 11.3. The molecule has 0 aromatic heterocycles. The summed E-state index contributed by atoms with van der Waals surface area (Å²) < 4.78 is 0. The first kappa shape index (κ1) is 14.6. The number of carboxylic acid groups (broad SMARTS) is 1. The molecular weight excluding hydrogens is 300 g/mol. The molecule has 0 fully saturated rings. The maximum atomic E-state index is 11.3. The molecule has 2 aromatic carbocycles. The molecule has 0 radical (unpaired) electrons. The zero-order valence-electron chi connectivity index (χ0n) is 12.0. The summed E-state index contributed by atoms with van der Waals surface area (Å²) in [6.07, 6.45) is 0.366. The zero-order chi connectivity index (χ0) is 15.7. The first-order valence-electron chi connectivity index (χ1n) is 6.97. The van der Waals surface area contributed by atoms with Gasteiger partial charge < -0.3 is 5.11 Å². The number of aryl methyl sites for hydroxylation is 1. The van der Waals surface area contributed by atoms with E-state index in [1.807, 2.05) is 55.5 Å². The van der Waals surface area contributed by atoms with Crippen molar-refractivity contribution < 1.29 is 9.90 Å². The number of rotatable bonds is 3. The second-order valence-corrected chi connectivity index (χ2v) is 5.67. The highest BCUT2D eigenvalue weighted by atomic mass is 35.5. The Kier molecular flexibility index (Phi) is 3.86. The lowest BCUT2D eigenvalue weighted by Gasteiger charge is -2.24. The molecule has 4 nitrogen and oxygen atoms in total. The van der Waals surface area contributed by atoms with Gasteiger partial charge in [-0.1, -0.05) is 48.0 Å². The molecule has 0 unspecified atom stereocenters. The van der Waals surface area contributed by atoms with Crippen molar-refractivity contribution >= 4 is 29.0 Å². The predicted octanol–water partition coefficient (Wildman–Crippen LogP) is 4.04. The Hall–Kier alpha value is -2.33. The Morgan fingerprint density at radius 1 is 1.27 bits per heavy atom. The van der Waals surface area contributed by atoms with Crippen LogP contribution in [0.15, 0.2) is 53.6 Å². The van der Waals surface area contributed by atoms with Crippen molar-refractivity contribution in [3.63, 3.8) is 0 Å². The van der Waals surface area contributed by atoms with Crippen molar-refractivity contribution in [2.45, 2.75) is 19.4 Å². The number of aliphatic carboxylic acids is 1. The van der Waals surface area contributed by atoms with Crippen LogP contribution in [0.5, 0.6) is 0 Å². The van der Waals surface area contributed by atoms with E-state index in [1.54, 1.807) is 5.01 Å². The van der Waals surface area contributed by atoms with Gasteiger partial charge in [0.15, 0.2) is 0 Å². The van der Waals surface area contributed by atoms with Gasteiger partial charge in [0, 0.05) is 11.4 Å². The average Bonchev–Trinajstić information content (AvgIpc) is 2.96. The Labute approximate surface area is 133 Å². The molecule has 0 amide bonds. The van der Waals surface area contributed by atoms with E-state index in [2.05, 4.69) is 5.10 Å². The van der Waals surface area contributed by atoms with E-state index in [-0.39, 0.29) is 11.8 Å². The average molecular weight is 315 g/mol. The van der Waals surface area contributed by atoms with Gasteiger partial charge in [-0.15, -0.1) is 0 Å². The van der Waals surface area contributed by atoms with Gasteiger partial charge in [-0.2, -0.15) is 5.10 Å². The quantitative estimate of drug-likeness (QED) is 0.930. The standard InChI is InChI=1S/C17H15ClN2O2/c1-11-7-8-13(9-14(11)18)20-16(10-15(19-20)17(21)22)12-5-3-2-4-6-12/h2-9,16H,10H2,1H3,(H,21,22)/t16-/m1/s1. The second kappa shape index (κ2) is 5.81. The third-order valence-corrected chi connectivity index (χ3v) is 4.17. The van der Waals surface area contributed by atoms with E-state index in [0.717, 1.165) is 16.8 Å². The molecule has 1 aliphatic heterocycles. The van der Waals surface area contributed by atoms with Gasteiger partial charge in [0.05, 0.1) is 11.7 Å². The molecule has 3 rings (SSSR count). The summed E-state index contributed by atoms with van der Waals surface area (Å²) in [4.78, 5) is 11.3. The van der Waals surface area contributed by atoms with Crippen LogP contribution >= 0.6 is 11.6 Å². The largest absolute Gasteiger partial charge is 0.477 e. The summed E-state index contributed by atoms with van der Waals surface area (Å²) >= 11 is 6.19. The van der Waals surface area contributed by atoms with Gasteiger partial charge in [0.25, 0.3) is 0 Å².